The van der Waals surface area contributed by atoms with Crippen LogP contribution in [-0.4, -0.2) is 62.1 Å². The van der Waals surface area contributed by atoms with E-state index >= 15 is 0 Å². The van der Waals surface area contributed by atoms with Gasteiger partial charge in [0.15, 0.2) is 17.3 Å². The molecule has 2 N–H and O–H groups in total. The quantitative estimate of drug-likeness (QED) is 0.709. The van der Waals surface area contributed by atoms with Gasteiger partial charge >= 0.3 is 6.03 Å². The van der Waals surface area contributed by atoms with Crippen LogP contribution in [0.5, 0.6) is 11.5 Å². The van der Waals surface area contributed by atoms with E-state index in [0.29, 0.717) is 35.8 Å². The molecule has 0 unspecified atom stereocenters. The minimum absolute atomic E-state index is 0.0462. The number of hydrogen-bond acceptors (Lipinski definition) is 7. The first-order valence-electron chi connectivity index (χ1n) is 10.1. The number of carbonyl (C=O) groups is 3. The Bertz CT molecular complexity index is 984. The number of carbonyl (C=O) groups excluding carboxylic acids is 3. The van der Waals surface area contributed by atoms with Gasteiger partial charge in [-0.05, 0) is 43.3 Å². The molecule has 2 aromatic carbocycles. The SMILES string of the molecule is CC(=O)c1ccc(N2CCN(CC(=O)NC(=O)Nc3ccc4c(c3)OCO4)CC2)cc1. The minimum Gasteiger partial charge on any atom is -0.454 e. The Labute approximate surface area is 179 Å². The number of ether oxygens (including phenoxy) is 2. The molecule has 1 fully saturated rings. The van der Waals surface area contributed by atoms with E-state index in [4.69, 9.17) is 9.47 Å². The number of fused-ring (bicyclic) bond motifs is 1. The smallest absolute Gasteiger partial charge is 0.325 e. The highest BCUT2D eigenvalue weighted by atomic mass is 16.7. The van der Waals surface area contributed by atoms with Crippen molar-refractivity contribution in [3.05, 3.63) is 48.0 Å². The highest BCUT2D eigenvalue weighted by Crippen LogP contribution is 2.34. The summed E-state index contributed by atoms with van der Waals surface area (Å²) in [5, 5.41) is 4.98. The number of benzene rings is 2. The van der Waals surface area contributed by atoms with Gasteiger partial charge in [0.1, 0.15) is 0 Å². The molecule has 0 aromatic heterocycles. The lowest BCUT2D eigenvalue weighted by Gasteiger charge is -2.35. The molecule has 162 valence electrons. The Hall–Kier alpha value is -3.59. The third-order valence-electron chi connectivity index (χ3n) is 5.26. The van der Waals surface area contributed by atoms with Crippen LogP contribution in [0.3, 0.4) is 0 Å². The molecule has 0 bridgehead atoms. The largest absolute Gasteiger partial charge is 0.454 e. The average molecular weight is 424 g/mol. The van der Waals surface area contributed by atoms with E-state index in [1.54, 1.807) is 25.1 Å². The molecular weight excluding hydrogens is 400 g/mol. The van der Waals surface area contributed by atoms with Crippen LogP contribution >= 0.6 is 0 Å². The maximum atomic E-state index is 12.2. The lowest BCUT2D eigenvalue weighted by Crippen LogP contribution is -2.50. The minimum atomic E-state index is -0.590. The number of imide groups is 1. The number of nitrogens with one attached hydrogen (secondary N) is 2. The first-order valence-corrected chi connectivity index (χ1v) is 10.1. The molecule has 2 heterocycles. The van der Waals surface area contributed by atoms with Crippen molar-refractivity contribution in [2.45, 2.75) is 6.92 Å². The van der Waals surface area contributed by atoms with Crippen molar-refractivity contribution >= 4 is 29.1 Å². The van der Waals surface area contributed by atoms with Crippen molar-refractivity contribution in [1.29, 1.82) is 0 Å². The zero-order valence-electron chi connectivity index (χ0n) is 17.2. The monoisotopic (exact) mass is 424 g/mol. The molecule has 4 rings (SSSR count). The Morgan fingerprint density at radius 3 is 2.35 bits per heavy atom. The van der Waals surface area contributed by atoms with Crippen molar-refractivity contribution in [2.75, 3.05) is 49.7 Å². The molecule has 2 aliphatic rings. The maximum Gasteiger partial charge on any atom is 0.325 e. The van der Waals surface area contributed by atoms with Gasteiger partial charge in [-0.2, -0.15) is 0 Å². The number of amides is 3. The maximum absolute atomic E-state index is 12.2. The van der Waals surface area contributed by atoms with Gasteiger partial charge in [-0.3, -0.25) is 19.8 Å². The number of nitrogens with zero attached hydrogens (tertiary/aromatic N) is 2. The molecule has 0 radical (unpaired) electrons. The zero-order valence-corrected chi connectivity index (χ0v) is 17.2. The number of urea groups is 1. The summed E-state index contributed by atoms with van der Waals surface area (Å²) in [5.41, 5.74) is 2.26. The standard InChI is InChI=1S/C22H24N4O5/c1-15(27)16-2-5-18(6-3-16)26-10-8-25(9-11-26)13-21(28)24-22(29)23-17-4-7-19-20(12-17)31-14-30-19/h2-7,12H,8-11,13-14H2,1H3,(H2,23,24,28,29). The van der Waals surface area contributed by atoms with Crippen LogP contribution in [0.2, 0.25) is 0 Å². The van der Waals surface area contributed by atoms with Gasteiger partial charge in [-0.25, -0.2) is 4.79 Å². The van der Waals surface area contributed by atoms with Crippen LogP contribution in [0.15, 0.2) is 42.5 Å². The van der Waals surface area contributed by atoms with E-state index in [1.807, 2.05) is 29.2 Å². The van der Waals surface area contributed by atoms with Gasteiger partial charge in [0.25, 0.3) is 0 Å². The number of ketones is 1. The van der Waals surface area contributed by atoms with E-state index in [1.165, 1.54) is 0 Å². The second-order valence-electron chi connectivity index (χ2n) is 7.44. The number of piperazine rings is 1. The summed E-state index contributed by atoms with van der Waals surface area (Å²) >= 11 is 0. The summed E-state index contributed by atoms with van der Waals surface area (Å²) in [7, 11) is 0. The number of hydrogen-bond donors (Lipinski definition) is 2. The highest BCUT2D eigenvalue weighted by Gasteiger charge is 2.21. The predicted molar refractivity (Wildman–Crippen MR) is 115 cm³/mol. The molecule has 9 heteroatoms. The molecule has 2 aromatic rings. The third kappa shape index (κ3) is 5.13. The predicted octanol–water partition coefficient (Wildman–Crippen LogP) is 2.09. The van der Waals surface area contributed by atoms with E-state index < -0.39 is 6.03 Å². The van der Waals surface area contributed by atoms with Crippen molar-refractivity contribution < 1.29 is 23.9 Å². The van der Waals surface area contributed by atoms with E-state index in [0.717, 1.165) is 18.8 Å². The average Bonchev–Trinajstić information content (AvgIpc) is 3.22. The molecule has 0 saturated carbocycles. The highest BCUT2D eigenvalue weighted by molar-refractivity contribution is 6.01. The second-order valence-corrected chi connectivity index (χ2v) is 7.44. The lowest BCUT2D eigenvalue weighted by molar-refractivity contribution is -0.121. The molecule has 0 atom stereocenters. The Kier molecular flexibility index (Phi) is 6.03. The summed E-state index contributed by atoms with van der Waals surface area (Å²) < 4.78 is 10.5. The molecule has 31 heavy (non-hydrogen) atoms. The van der Waals surface area contributed by atoms with Gasteiger partial charge in [0.2, 0.25) is 12.7 Å². The van der Waals surface area contributed by atoms with Crippen molar-refractivity contribution in [1.82, 2.24) is 10.2 Å². The van der Waals surface area contributed by atoms with Crippen LogP contribution < -0.4 is 25.0 Å². The normalized spacial score (nSPS) is 15.5. The summed E-state index contributed by atoms with van der Waals surface area (Å²) in [5.74, 6) is 0.858. The molecule has 1 saturated heterocycles. The second kappa shape index (κ2) is 9.05. The van der Waals surface area contributed by atoms with E-state index in [-0.39, 0.29) is 25.0 Å². The van der Waals surface area contributed by atoms with Crippen LogP contribution in [0.4, 0.5) is 16.2 Å². The summed E-state index contributed by atoms with van der Waals surface area (Å²) in [6.07, 6.45) is 0. The van der Waals surface area contributed by atoms with Crippen LogP contribution in [0.1, 0.15) is 17.3 Å². The number of rotatable bonds is 5. The summed E-state index contributed by atoms with van der Waals surface area (Å²) in [6, 6.07) is 12.0. The van der Waals surface area contributed by atoms with Crippen LogP contribution in [0.25, 0.3) is 0 Å². The van der Waals surface area contributed by atoms with Gasteiger partial charge in [-0.1, -0.05) is 0 Å². The van der Waals surface area contributed by atoms with Crippen molar-refractivity contribution in [3.8, 4) is 11.5 Å². The molecule has 0 aliphatic carbocycles. The molecular formula is C22H24N4O5. The first-order chi connectivity index (χ1) is 15.0. The topological polar surface area (TPSA) is 100 Å². The third-order valence-corrected chi connectivity index (χ3v) is 5.26. The number of anilines is 2. The van der Waals surface area contributed by atoms with Gasteiger partial charge in [0.05, 0.1) is 6.54 Å². The van der Waals surface area contributed by atoms with Gasteiger partial charge in [-0.15, -0.1) is 0 Å². The zero-order chi connectivity index (χ0) is 21.8. The van der Waals surface area contributed by atoms with Crippen LogP contribution in [0, 0.1) is 0 Å². The lowest BCUT2D eigenvalue weighted by atomic mass is 10.1. The van der Waals surface area contributed by atoms with Gasteiger partial charge in [0, 0.05) is 49.2 Å². The summed E-state index contributed by atoms with van der Waals surface area (Å²) in [6.45, 7) is 4.77. The number of Topliss-reactive ketones (excluding diaryl/α,β-unsaturated/α-hetero) is 1. The summed E-state index contributed by atoms with van der Waals surface area (Å²) in [4.78, 5) is 40.0. The fraction of sp³-hybridized carbons (Fsp3) is 0.318. The Morgan fingerprint density at radius 2 is 1.65 bits per heavy atom. The Balaban J connectivity index is 1.21. The Morgan fingerprint density at radius 1 is 0.935 bits per heavy atom. The fourth-order valence-corrected chi connectivity index (χ4v) is 3.58. The first kappa shape index (κ1) is 20.7. The van der Waals surface area contributed by atoms with E-state index in [2.05, 4.69) is 15.5 Å². The fourth-order valence-electron chi connectivity index (χ4n) is 3.58. The van der Waals surface area contributed by atoms with Gasteiger partial charge < -0.3 is 19.7 Å². The van der Waals surface area contributed by atoms with E-state index in [9.17, 15) is 14.4 Å². The molecule has 0 spiro atoms. The van der Waals surface area contributed by atoms with Crippen molar-refractivity contribution in [3.63, 3.8) is 0 Å². The molecule has 2 aliphatic heterocycles. The van der Waals surface area contributed by atoms with Crippen molar-refractivity contribution in [2.24, 2.45) is 0 Å². The van der Waals surface area contributed by atoms with Crippen LogP contribution in [-0.2, 0) is 4.79 Å². The molecule has 3 amide bonds. The molecule has 9 nitrogen and oxygen atoms in total.